The van der Waals surface area contributed by atoms with Crippen LogP contribution in [0.3, 0.4) is 0 Å². The minimum Gasteiger partial charge on any atom is -0.481 e. The molecule has 1 unspecified atom stereocenters. The van der Waals surface area contributed by atoms with Gasteiger partial charge in [-0.2, -0.15) is 0 Å². The summed E-state index contributed by atoms with van der Waals surface area (Å²) in [6.45, 7) is 12.3. The summed E-state index contributed by atoms with van der Waals surface area (Å²) in [5, 5.41) is 2.97. The smallest absolute Gasteiger partial charge is 0.265 e. The van der Waals surface area contributed by atoms with Crippen molar-refractivity contribution in [1.29, 1.82) is 0 Å². The summed E-state index contributed by atoms with van der Waals surface area (Å²) in [5.41, 5.74) is 4.22. The van der Waals surface area contributed by atoms with Crippen molar-refractivity contribution in [3.05, 3.63) is 53.6 Å². The number of amides is 1. The summed E-state index contributed by atoms with van der Waals surface area (Å²) in [6.07, 6.45) is -0.577. The van der Waals surface area contributed by atoms with Gasteiger partial charge in [0.1, 0.15) is 5.75 Å². The van der Waals surface area contributed by atoms with E-state index in [4.69, 9.17) is 4.74 Å². The highest BCUT2D eigenvalue weighted by Gasteiger charge is 2.18. The number of piperazine rings is 1. The highest BCUT2D eigenvalue weighted by molar-refractivity contribution is 5.94. The standard InChI is InChI=1S/C24H33N3O2/c1-17(2)22-11-6-18(3)16-23(22)29-19(4)24(28)25-20-7-9-21(10-8-20)27-14-12-26(5)13-15-27/h6-11,16-17,19H,12-15H2,1-5H3,(H,25,28). The third-order valence-corrected chi connectivity index (χ3v) is 5.47. The minimum absolute atomic E-state index is 0.145. The molecule has 156 valence electrons. The molecule has 2 aromatic rings. The Balaban J connectivity index is 1.61. The van der Waals surface area contributed by atoms with Crippen molar-refractivity contribution in [3.63, 3.8) is 0 Å². The third-order valence-electron chi connectivity index (χ3n) is 5.47. The summed E-state index contributed by atoms with van der Waals surface area (Å²) in [6, 6.07) is 14.2. The van der Waals surface area contributed by atoms with E-state index in [1.807, 2.05) is 25.1 Å². The Morgan fingerprint density at radius 2 is 1.66 bits per heavy atom. The number of hydrogen-bond acceptors (Lipinski definition) is 4. The molecule has 2 aromatic carbocycles. The fourth-order valence-electron chi connectivity index (χ4n) is 3.53. The van der Waals surface area contributed by atoms with E-state index >= 15 is 0 Å². The van der Waals surface area contributed by atoms with Gasteiger partial charge in [0.25, 0.3) is 5.91 Å². The van der Waals surface area contributed by atoms with Crippen LogP contribution < -0.4 is 15.0 Å². The van der Waals surface area contributed by atoms with E-state index in [2.05, 4.69) is 60.3 Å². The highest BCUT2D eigenvalue weighted by Crippen LogP contribution is 2.28. The first-order chi connectivity index (χ1) is 13.8. The molecule has 5 nitrogen and oxygen atoms in total. The fourth-order valence-corrected chi connectivity index (χ4v) is 3.53. The second kappa shape index (κ2) is 9.31. The molecule has 0 bridgehead atoms. The Labute approximate surface area is 174 Å². The molecule has 1 atom stereocenters. The molecule has 0 aromatic heterocycles. The average molecular weight is 396 g/mol. The Bertz CT molecular complexity index is 825. The molecule has 3 rings (SSSR count). The summed E-state index contributed by atoms with van der Waals surface area (Å²) in [7, 11) is 2.15. The second-order valence-electron chi connectivity index (χ2n) is 8.28. The Morgan fingerprint density at radius 3 is 2.28 bits per heavy atom. The van der Waals surface area contributed by atoms with Crippen LogP contribution in [-0.2, 0) is 4.79 Å². The van der Waals surface area contributed by atoms with Crippen LogP contribution in [0.5, 0.6) is 5.75 Å². The zero-order valence-electron chi connectivity index (χ0n) is 18.2. The largest absolute Gasteiger partial charge is 0.481 e. The molecule has 1 saturated heterocycles. The van der Waals surface area contributed by atoms with Crippen LogP contribution in [0.25, 0.3) is 0 Å². The number of carbonyl (C=O) groups excluding carboxylic acids is 1. The van der Waals surface area contributed by atoms with Gasteiger partial charge in [0, 0.05) is 37.6 Å². The van der Waals surface area contributed by atoms with E-state index in [-0.39, 0.29) is 5.91 Å². The number of aryl methyl sites for hydroxylation is 1. The topological polar surface area (TPSA) is 44.8 Å². The average Bonchev–Trinajstić information content (AvgIpc) is 2.69. The zero-order valence-corrected chi connectivity index (χ0v) is 18.2. The van der Waals surface area contributed by atoms with Gasteiger partial charge in [-0.1, -0.05) is 26.0 Å². The Kier molecular flexibility index (Phi) is 6.80. The first-order valence-corrected chi connectivity index (χ1v) is 10.4. The van der Waals surface area contributed by atoms with E-state index in [1.165, 1.54) is 5.69 Å². The predicted octanol–water partition coefficient (Wildman–Crippen LogP) is 4.28. The molecule has 1 heterocycles. The van der Waals surface area contributed by atoms with Crippen LogP contribution in [0.4, 0.5) is 11.4 Å². The lowest BCUT2D eigenvalue weighted by atomic mass is 10.0. The number of ether oxygens (including phenoxy) is 1. The molecule has 0 aliphatic carbocycles. The first kappa shape index (κ1) is 21.2. The minimum atomic E-state index is -0.577. The van der Waals surface area contributed by atoms with Gasteiger partial charge >= 0.3 is 0 Å². The number of carbonyl (C=O) groups is 1. The normalized spacial score (nSPS) is 16.0. The molecule has 1 aliphatic heterocycles. The number of rotatable bonds is 6. The number of benzene rings is 2. The molecule has 29 heavy (non-hydrogen) atoms. The number of nitrogens with zero attached hydrogens (tertiary/aromatic N) is 2. The number of anilines is 2. The fraction of sp³-hybridized carbons (Fsp3) is 0.458. The molecular formula is C24H33N3O2. The molecule has 1 aliphatic rings. The Morgan fingerprint density at radius 1 is 1.00 bits per heavy atom. The molecule has 0 radical (unpaired) electrons. The van der Waals surface area contributed by atoms with Crippen LogP contribution in [0, 0.1) is 6.92 Å². The maximum atomic E-state index is 12.7. The van der Waals surface area contributed by atoms with Crippen molar-refractivity contribution < 1.29 is 9.53 Å². The number of nitrogens with one attached hydrogen (secondary N) is 1. The summed E-state index contributed by atoms with van der Waals surface area (Å²) < 4.78 is 6.03. The van der Waals surface area contributed by atoms with E-state index in [0.717, 1.165) is 48.7 Å². The highest BCUT2D eigenvalue weighted by atomic mass is 16.5. The van der Waals surface area contributed by atoms with Crippen LogP contribution in [0.2, 0.25) is 0 Å². The quantitative estimate of drug-likeness (QED) is 0.793. The third kappa shape index (κ3) is 5.51. The molecular weight excluding hydrogens is 362 g/mol. The second-order valence-corrected chi connectivity index (χ2v) is 8.28. The van der Waals surface area contributed by atoms with E-state index in [1.54, 1.807) is 6.92 Å². The van der Waals surface area contributed by atoms with Gasteiger partial charge in [0.15, 0.2) is 6.10 Å². The SMILES string of the molecule is Cc1ccc(C(C)C)c(OC(C)C(=O)Nc2ccc(N3CCN(C)CC3)cc2)c1. The monoisotopic (exact) mass is 395 g/mol. The Hall–Kier alpha value is -2.53. The van der Waals surface area contributed by atoms with Crippen molar-refractivity contribution in [2.75, 3.05) is 43.4 Å². The number of hydrogen-bond donors (Lipinski definition) is 1. The van der Waals surface area contributed by atoms with Crippen molar-refractivity contribution in [2.24, 2.45) is 0 Å². The maximum Gasteiger partial charge on any atom is 0.265 e. The molecule has 1 N–H and O–H groups in total. The van der Waals surface area contributed by atoms with Crippen molar-refractivity contribution >= 4 is 17.3 Å². The molecule has 0 saturated carbocycles. The lowest BCUT2D eigenvalue weighted by molar-refractivity contribution is -0.122. The predicted molar refractivity (Wildman–Crippen MR) is 120 cm³/mol. The van der Waals surface area contributed by atoms with Gasteiger partial charge in [0.05, 0.1) is 0 Å². The maximum absolute atomic E-state index is 12.7. The molecule has 1 fully saturated rings. The number of likely N-dealkylation sites (N-methyl/N-ethyl adjacent to an activating group) is 1. The molecule has 1 amide bonds. The van der Waals surface area contributed by atoms with Crippen molar-refractivity contribution in [1.82, 2.24) is 4.90 Å². The van der Waals surface area contributed by atoms with Gasteiger partial charge < -0.3 is 19.9 Å². The summed E-state index contributed by atoms with van der Waals surface area (Å²) in [5.74, 6) is 0.976. The van der Waals surface area contributed by atoms with Gasteiger partial charge in [-0.25, -0.2) is 0 Å². The van der Waals surface area contributed by atoms with Gasteiger partial charge in [-0.3, -0.25) is 4.79 Å². The lowest BCUT2D eigenvalue weighted by Crippen LogP contribution is -2.44. The van der Waals surface area contributed by atoms with Crippen molar-refractivity contribution in [3.8, 4) is 5.75 Å². The molecule has 0 spiro atoms. The van der Waals surface area contributed by atoms with Crippen LogP contribution in [0.15, 0.2) is 42.5 Å². The zero-order chi connectivity index (χ0) is 21.0. The summed E-state index contributed by atoms with van der Waals surface area (Å²) >= 11 is 0. The van der Waals surface area contributed by atoms with E-state index in [9.17, 15) is 4.79 Å². The van der Waals surface area contributed by atoms with Gasteiger partial charge in [-0.15, -0.1) is 0 Å². The lowest BCUT2D eigenvalue weighted by Gasteiger charge is -2.34. The van der Waals surface area contributed by atoms with Gasteiger partial charge in [-0.05, 0) is 68.3 Å². The van der Waals surface area contributed by atoms with Crippen molar-refractivity contribution in [2.45, 2.75) is 39.7 Å². The first-order valence-electron chi connectivity index (χ1n) is 10.4. The van der Waals surface area contributed by atoms with Crippen LogP contribution in [0.1, 0.15) is 37.8 Å². The van der Waals surface area contributed by atoms with E-state index in [0.29, 0.717) is 5.92 Å². The van der Waals surface area contributed by atoms with E-state index < -0.39 is 6.10 Å². The van der Waals surface area contributed by atoms with Gasteiger partial charge in [0.2, 0.25) is 0 Å². The molecule has 5 heteroatoms. The summed E-state index contributed by atoms with van der Waals surface area (Å²) in [4.78, 5) is 17.4. The van der Waals surface area contributed by atoms with Crippen LogP contribution in [-0.4, -0.2) is 50.1 Å². The van der Waals surface area contributed by atoms with Crippen LogP contribution >= 0.6 is 0 Å².